The summed E-state index contributed by atoms with van der Waals surface area (Å²) < 4.78 is 25.0. The standard InChI is InChI=1S/C30H40NSi.Ir/c1-19(2)24-16-26(20(3)4)30(27(17-24)21(5)6)28-15-23(12-11-22(28)7)29-18-25(13-14-31-29)32(8,9)10;/h11,13-21H,1-10H3;/q-1;/i7D3;. The van der Waals surface area contributed by atoms with Gasteiger partial charge in [0, 0.05) is 30.4 Å². The number of rotatable bonds is 6. The molecule has 0 amide bonds. The number of aryl methyl sites for hydroxylation is 1. The van der Waals surface area contributed by atoms with E-state index >= 15 is 0 Å². The number of benzene rings is 2. The first-order chi connectivity index (χ1) is 16.1. The van der Waals surface area contributed by atoms with Crippen LogP contribution < -0.4 is 5.19 Å². The first-order valence-electron chi connectivity index (χ1n) is 13.3. The second-order valence-corrected chi connectivity index (χ2v) is 16.0. The Bertz CT molecular complexity index is 1180. The summed E-state index contributed by atoms with van der Waals surface area (Å²) in [5, 5.41) is 1.32. The van der Waals surface area contributed by atoms with Crippen LogP contribution in [0.2, 0.25) is 19.6 Å². The van der Waals surface area contributed by atoms with Gasteiger partial charge in [-0.15, -0.1) is 29.3 Å². The topological polar surface area (TPSA) is 12.9 Å². The molecular formula is C30H40IrNSi-. The Hall–Kier alpha value is -1.54. The van der Waals surface area contributed by atoms with Gasteiger partial charge in [0.15, 0.2) is 0 Å². The fourth-order valence-electron chi connectivity index (χ4n) is 4.16. The summed E-state index contributed by atoms with van der Waals surface area (Å²) >= 11 is 0. The summed E-state index contributed by atoms with van der Waals surface area (Å²) in [7, 11) is -1.52. The zero-order chi connectivity index (χ0) is 26.3. The van der Waals surface area contributed by atoms with Gasteiger partial charge in [-0.2, -0.15) is 0 Å². The molecule has 179 valence electrons. The van der Waals surface area contributed by atoms with Gasteiger partial charge in [-0.3, -0.25) is 0 Å². The van der Waals surface area contributed by atoms with Crippen molar-refractivity contribution in [1.29, 1.82) is 0 Å². The maximum absolute atomic E-state index is 8.32. The molecule has 0 unspecified atom stereocenters. The predicted octanol–water partition coefficient (Wildman–Crippen LogP) is 8.44. The summed E-state index contributed by atoms with van der Waals surface area (Å²) in [4.78, 5) is 4.65. The maximum atomic E-state index is 8.32. The van der Waals surface area contributed by atoms with E-state index in [0.29, 0.717) is 11.5 Å². The normalized spacial score (nSPS) is 13.6. The molecular weight excluding hydrogens is 595 g/mol. The Kier molecular flexibility index (Phi) is 7.60. The smallest absolute Gasteiger partial charge is 0.0767 e. The molecule has 0 saturated carbocycles. The molecule has 3 heteroatoms. The Morgan fingerprint density at radius 1 is 0.879 bits per heavy atom. The molecule has 0 spiro atoms. The van der Waals surface area contributed by atoms with E-state index in [0.717, 1.165) is 22.4 Å². The van der Waals surface area contributed by atoms with E-state index in [1.807, 2.05) is 12.3 Å². The zero-order valence-electron chi connectivity index (χ0n) is 24.6. The molecule has 33 heavy (non-hydrogen) atoms. The van der Waals surface area contributed by atoms with Crippen molar-refractivity contribution in [3.63, 3.8) is 0 Å². The van der Waals surface area contributed by atoms with Crippen LogP contribution in [0.25, 0.3) is 22.4 Å². The molecule has 2 aromatic carbocycles. The van der Waals surface area contributed by atoms with Gasteiger partial charge < -0.3 is 4.98 Å². The van der Waals surface area contributed by atoms with Crippen LogP contribution >= 0.6 is 0 Å². The zero-order valence-corrected chi connectivity index (χ0v) is 24.9. The number of hydrogen-bond acceptors (Lipinski definition) is 1. The van der Waals surface area contributed by atoms with Crippen molar-refractivity contribution in [2.24, 2.45) is 0 Å². The van der Waals surface area contributed by atoms with Crippen LogP contribution in [0.4, 0.5) is 0 Å². The molecule has 0 fully saturated rings. The average Bonchev–Trinajstić information content (AvgIpc) is 2.76. The van der Waals surface area contributed by atoms with Gasteiger partial charge in [-0.05, 0) is 51.8 Å². The molecule has 1 aromatic heterocycles. The molecule has 0 aliphatic carbocycles. The van der Waals surface area contributed by atoms with E-state index in [-0.39, 0.29) is 31.9 Å². The van der Waals surface area contributed by atoms with Crippen LogP contribution in [0.5, 0.6) is 0 Å². The Balaban J connectivity index is 0.00000456. The van der Waals surface area contributed by atoms with Crippen molar-refractivity contribution in [2.75, 3.05) is 0 Å². The number of nitrogens with zero attached hydrogens (tertiary/aromatic N) is 1. The first-order valence-corrected chi connectivity index (χ1v) is 15.3. The van der Waals surface area contributed by atoms with Gasteiger partial charge >= 0.3 is 0 Å². The van der Waals surface area contributed by atoms with Crippen LogP contribution in [-0.4, -0.2) is 13.1 Å². The molecule has 0 aliphatic heterocycles. The Morgan fingerprint density at radius 2 is 1.48 bits per heavy atom. The number of aromatic nitrogens is 1. The fourth-order valence-corrected chi connectivity index (χ4v) is 5.30. The van der Waals surface area contributed by atoms with Gasteiger partial charge in [0.1, 0.15) is 0 Å². The summed E-state index contributed by atoms with van der Waals surface area (Å²) in [5.41, 5.74) is 7.57. The molecule has 0 atom stereocenters. The Labute approximate surface area is 221 Å². The van der Waals surface area contributed by atoms with Crippen molar-refractivity contribution >= 4 is 13.3 Å². The molecule has 0 N–H and O–H groups in total. The molecule has 1 nitrogen and oxygen atoms in total. The molecule has 0 saturated heterocycles. The minimum Gasteiger partial charge on any atom is -0.305 e. The van der Waals surface area contributed by atoms with Gasteiger partial charge in [0.05, 0.1) is 8.07 Å². The summed E-state index contributed by atoms with van der Waals surface area (Å²) in [6.07, 6.45) is 1.87. The monoisotopic (exact) mass is 638 g/mol. The van der Waals surface area contributed by atoms with E-state index in [9.17, 15) is 0 Å². The second-order valence-electron chi connectivity index (χ2n) is 10.9. The van der Waals surface area contributed by atoms with E-state index in [4.69, 9.17) is 4.11 Å². The van der Waals surface area contributed by atoms with Gasteiger partial charge in [-0.25, -0.2) is 0 Å². The quantitative estimate of drug-likeness (QED) is 0.195. The largest absolute Gasteiger partial charge is 0.305 e. The van der Waals surface area contributed by atoms with Crippen molar-refractivity contribution in [1.82, 2.24) is 4.98 Å². The first kappa shape index (κ1) is 23.2. The van der Waals surface area contributed by atoms with Crippen LogP contribution in [-0.2, 0) is 20.1 Å². The molecule has 1 heterocycles. The van der Waals surface area contributed by atoms with Crippen molar-refractivity contribution in [3.8, 4) is 22.4 Å². The van der Waals surface area contributed by atoms with Crippen LogP contribution in [0.1, 0.15) is 85.7 Å². The summed E-state index contributed by atoms with van der Waals surface area (Å²) in [6, 6.07) is 15.8. The molecule has 1 radical (unpaired) electrons. The van der Waals surface area contributed by atoms with Gasteiger partial charge in [0.2, 0.25) is 0 Å². The SMILES string of the molecule is [2H]C([2H])([2H])c1c[c-]c(-c2cc([Si](C)(C)C)ccn2)cc1-c1c(C(C)C)cc(C(C)C)cc1C(C)C.[Ir]. The van der Waals surface area contributed by atoms with Crippen LogP contribution in [0.3, 0.4) is 0 Å². The number of hydrogen-bond donors (Lipinski definition) is 0. The third-order valence-corrected chi connectivity index (χ3v) is 8.30. The van der Waals surface area contributed by atoms with E-state index in [1.165, 1.54) is 21.9 Å². The molecule has 3 rings (SSSR count). The molecule has 0 bridgehead atoms. The molecule has 0 aliphatic rings. The van der Waals surface area contributed by atoms with Gasteiger partial charge in [0.25, 0.3) is 0 Å². The van der Waals surface area contributed by atoms with Crippen LogP contribution in [0, 0.1) is 12.9 Å². The second kappa shape index (κ2) is 10.8. The predicted molar refractivity (Wildman–Crippen MR) is 144 cm³/mol. The summed E-state index contributed by atoms with van der Waals surface area (Å²) in [5.74, 6) is 0.910. The van der Waals surface area contributed by atoms with E-state index < -0.39 is 14.9 Å². The van der Waals surface area contributed by atoms with Crippen molar-refractivity contribution in [3.05, 3.63) is 70.9 Å². The minimum atomic E-state index is -2.24. The molecule has 3 aromatic rings. The number of pyridine rings is 1. The average molecular weight is 638 g/mol. The third-order valence-electron chi connectivity index (χ3n) is 6.25. The van der Waals surface area contributed by atoms with Crippen LogP contribution in [0.15, 0.2) is 42.6 Å². The maximum Gasteiger partial charge on any atom is 0.0767 e. The van der Waals surface area contributed by atoms with Gasteiger partial charge in [-0.1, -0.05) is 97.0 Å². The third kappa shape index (κ3) is 6.12. The van der Waals surface area contributed by atoms with Crippen molar-refractivity contribution < 1.29 is 24.2 Å². The van der Waals surface area contributed by atoms with E-state index in [2.05, 4.69) is 96.5 Å². The minimum absolute atomic E-state index is 0. The summed E-state index contributed by atoms with van der Waals surface area (Å²) in [6.45, 7) is 17.9. The van der Waals surface area contributed by atoms with E-state index in [1.54, 1.807) is 6.07 Å². The Morgan fingerprint density at radius 3 is 1.97 bits per heavy atom. The van der Waals surface area contributed by atoms with Crippen molar-refractivity contribution in [2.45, 2.75) is 85.8 Å². The fraction of sp³-hybridized carbons (Fsp3) is 0.433.